The second-order valence-corrected chi connectivity index (χ2v) is 24.0. The molecule has 0 radical (unpaired) electrons. The number of amides is 4. The molecule has 0 spiro atoms. The molecule has 83 heavy (non-hydrogen) atoms. The Morgan fingerprint density at radius 3 is 2.28 bits per heavy atom. The van der Waals surface area contributed by atoms with Crippen molar-refractivity contribution in [2.75, 3.05) is 25.1 Å². The summed E-state index contributed by atoms with van der Waals surface area (Å²) in [6.07, 6.45) is 8.81. The number of carboxylic acids is 1. The zero-order valence-electron chi connectivity index (χ0n) is 46.2. The first-order valence-electron chi connectivity index (χ1n) is 28.4. The third-order valence-electron chi connectivity index (χ3n) is 19.0. The molecule has 3 aromatic carbocycles. The Balaban J connectivity index is 0.627. The summed E-state index contributed by atoms with van der Waals surface area (Å²) in [6, 6.07) is 20.0. The molecule has 7 fully saturated rings. The fourth-order valence-corrected chi connectivity index (χ4v) is 14.8. The fraction of sp³-hybridized carbons (Fsp3) is 0.492. The summed E-state index contributed by atoms with van der Waals surface area (Å²) in [6.45, 7) is 3.22. The number of carbonyl (C=O) groups excluding carboxylic acids is 6. The predicted molar refractivity (Wildman–Crippen MR) is 294 cm³/mol. The van der Waals surface area contributed by atoms with E-state index in [-0.39, 0.29) is 43.0 Å². The molecule has 8 aliphatic rings. The van der Waals surface area contributed by atoms with Gasteiger partial charge in [-0.15, -0.1) is 20.4 Å². The second-order valence-electron chi connectivity index (χ2n) is 24.0. The lowest BCUT2D eigenvalue weighted by molar-refractivity contribution is -0.201. The number of hydrogen-bond donors (Lipinski definition) is 7. The maximum atomic E-state index is 14.1. The molecule has 12 rings (SSSR count). The number of rotatable bonds is 19. The Kier molecular flexibility index (Phi) is 15.7. The van der Waals surface area contributed by atoms with Gasteiger partial charge in [-0.3, -0.25) is 28.8 Å². The number of benzene rings is 3. The van der Waals surface area contributed by atoms with Crippen molar-refractivity contribution in [3.8, 4) is 11.4 Å². The van der Waals surface area contributed by atoms with Crippen LogP contribution in [-0.4, -0.2) is 132 Å². The number of aliphatic hydroxyl groups is 2. The fourth-order valence-electron chi connectivity index (χ4n) is 14.8. The van der Waals surface area contributed by atoms with Crippen LogP contribution in [0.4, 0.5) is 10.5 Å². The van der Waals surface area contributed by atoms with E-state index in [0.29, 0.717) is 79.8 Å². The summed E-state index contributed by atoms with van der Waals surface area (Å²) in [5, 5.41) is 57.8. The van der Waals surface area contributed by atoms with Crippen LogP contribution in [0.3, 0.4) is 0 Å². The smallest absolute Gasteiger partial charge is 0.407 e. The Morgan fingerprint density at radius 1 is 0.880 bits per heavy atom. The molecular weight excluding hydrogens is 1070 g/mol. The number of nitrogens with zero attached hydrogens (tertiary/aromatic N) is 4. The van der Waals surface area contributed by atoms with Gasteiger partial charge < -0.3 is 55.5 Å². The standard InChI is InChI=1S/C61H68N8O14/c1-57-20-19-42(71)26-40(57)13-16-43-44-27-48-61(47(73)31-70,58(44,2)29-46(72)52(43)57)83-55(82-48)39-11-5-36(6-12-39)28-60-23-21-59(22-24-60,33-81-60)67-56(79)80-32-37-7-14-41(15-8-37)65-54(78)45(17-18-51(76)77)66-50(75)30-62-49(74)25-35-3-9-38(10-4-35)53-68-63-34-64-69-53/h3-12,14-15,19-20,26,34,43-46,48,52,55,70,72H,13,16-18,21-25,27-33H2,1-2H3,(H,62,74)(H,65,78)(H,66,75)(H,67,79)(H,76,77)/t43-,44-,45-,46-,48+,52+,55?,57-,58-,59?,60?,61+/m0/s1. The molecule has 7 N–H and O–H groups in total. The number of fused-ring (bicyclic) bond motifs is 10. The Morgan fingerprint density at radius 2 is 1.59 bits per heavy atom. The highest BCUT2D eigenvalue weighted by atomic mass is 16.7. The summed E-state index contributed by atoms with van der Waals surface area (Å²) in [5.74, 6) is -3.20. The van der Waals surface area contributed by atoms with Gasteiger partial charge in [-0.25, -0.2) is 4.79 Å². The van der Waals surface area contributed by atoms with Crippen molar-refractivity contribution < 1.29 is 67.8 Å². The number of aliphatic hydroxyl groups excluding tert-OH is 2. The van der Waals surface area contributed by atoms with Crippen LogP contribution in [-0.2, 0) is 67.2 Å². The zero-order valence-corrected chi connectivity index (χ0v) is 46.2. The molecule has 3 aliphatic heterocycles. The summed E-state index contributed by atoms with van der Waals surface area (Å²) < 4.78 is 25.7. The van der Waals surface area contributed by atoms with Crippen molar-refractivity contribution in [2.24, 2.45) is 28.6 Å². The Labute approximate surface area is 478 Å². The molecule has 4 saturated carbocycles. The van der Waals surface area contributed by atoms with Crippen LogP contribution in [0.15, 0.2) is 103 Å². The van der Waals surface area contributed by atoms with Gasteiger partial charge in [0.05, 0.1) is 42.9 Å². The van der Waals surface area contributed by atoms with E-state index >= 15 is 0 Å². The Bertz CT molecular complexity index is 3210. The number of Topliss-reactive ketones (excluding diaryl/α,β-unsaturated/α-hetero) is 1. The zero-order chi connectivity index (χ0) is 58.3. The van der Waals surface area contributed by atoms with Gasteiger partial charge in [0, 0.05) is 46.4 Å². The molecule has 1 aromatic heterocycles. The largest absolute Gasteiger partial charge is 0.481 e. The molecule has 3 saturated heterocycles. The van der Waals surface area contributed by atoms with Gasteiger partial charge in [-0.2, -0.15) is 0 Å². The topological polar surface area (TPSA) is 317 Å². The average molecular weight is 1140 g/mol. The first kappa shape index (κ1) is 57.2. The van der Waals surface area contributed by atoms with Crippen LogP contribution >= 0.6 is 0 Å². The van der Waals surface area contributed by atoms with Crippen molar-refractivity contribution in [1.29, 1.82) is 0 Å². The van der Waals surface area contributed by atoms with Crippen LogP contribution in [0.2, 0.25) is 0 Å². The van der Waals surface area contributed by atoms with Crippen LogP contribution in [0, 0.1) is 28.6 Å². The third-order valence-corrected chi connectivity index (χ3v) is 19.0. The van der Waals surface area contributed by atoms with E-state index in [1.54, 1.807) is 60.7 Å². The molecular formula is C61H68N8O14. The molecule has 4 heterocycles. The molecule has 22 nitrogen and oxygen atoms in total. The highest BCUT2D eigenvalue weighted by molar-refractivity contribution is 6.01. The van der Waals surface area contributed by atoms with Crippen molar-refractivity contribution in [2.45, 2.75) is 139 Å². The van der Waals surface area contributed by atoms with Gasteiger partial charge in [0.1, 0.15) is 19.3 Å². The quantitative estimate of drug-likeness (QED) is 0.0667. The van der Waals surface area contributed by atoms with Gasteiger partial charge in [-0.05, 0) is 111 Å². The predicted octanol–water partition coefficient (Wildman–Crippen LogP) is 4.73. The SMILES string of the molecule is C[C@]12C=CC(=O)C=C1CC[C@@H]1[C@@H]2[C@@H](O)C[C@@]2(C)[C@H]1C[C@H]1OC(c3ccc(CC45CCC(NC(=O)OCc6ccc(NC(=O)[C@H](CCC(=O)O)NC(=O)CNC(=O)Cc7ccc(-c8nncnn8)cc7)cc6)(CC4)CO5)cc3)O[C@]12C(=O)CO. The maximum absolute atomic E-state index is 14.1. The lowest BCUT2D eigenvalue weighted by Gasteiger charge is -2.59. The van der Waals surface area contributed by atoms with Gasteiger partial charge >= 0.3 is 12.1 Å². The van der Waals surface area contributed by atoms with Crippen molar-refractivity contribution in [3.05, 3.63) is 125 Å². The minimum atomic E-state index is -1.45. The van der Waals surface area contributed by atoms with E-state index in [1.807, 2.05) is 37.3 Å². The lowest BCUT2D eigenvalue weighted by Crippen LogP contribution is -2.63. The minimum Gasteiger partial charge on any atom is -0.481 e. The summed E-state index contributed by atoms with van der Waals surface area (Å²) in [5.41, 5.74) is 1.38. The van der Waals surface area contributed by atoms with Crippen molar-refractivity contribution in [3.63, 3.8) is 0 Å². The van der Waals surface area contributed by atoms with E-state index in [9.17, 15) is 48.9 Å². The van der Waals surface area contributed by atoms with E-state index in [2.05, 4.69) is 48.6 Å². The second kappa shape index (κ2) is 22.8. The molecule has 4 amide bonds. The lowest BCUT2D eigenvalue weighted by atomic mass is 9.46. The molecule has 5 aliphatic carbocycles. The summed E-state index contributed by atoms with van der Waals surface area (Å²) in [7, 11) is 0. The van der Waals surface area contributed by atoms with Crippen molar-refractivity contribution >= 4 is 47.0 Å². The van der Waals surface area contributed by atoms with Gasteiger partial charge in [-0.1, -0.05) is 86.2 Å². The highest BCUT2D eigenvalue weighted by Crippen LogP contribution is 2.70. The molecule has 1 unspecified atom stereocenters. The number of ether oxygens (including phenoxy) is 4. The Hall–Kier alpha value is -7.63. The number of anilines is 1. The van der Waals surface area contributed by atoms with Crippen LogP contribution < -0.4 is 21.3 Å². The molecule has 22 heteroatoms. The van der Waals surface area contributed by atoms with Gasteiger partial charge in [0.25, 0.3) is 0 Å². The van der Waals surface area contributed by atoms with Crippen LogP contribution in [0.5, 0.6) is 0 Å². The first-order valence-corrected chi connectivity index (χ1v) is 28.4. The highest BCUT2D eigenvalue weighted by Gasteiger charge is 2.76. The molecule has 4 aromatic rings. The summed E-state index contributed by atoms with van der Waals surface area (Å²) >= 11 is 0. The average Bonchev–Trinajstić information content (AvgIpc) is 2.65. The number of allylic oxidation sites excluding steroid dienone is 4. The number of nitrogens with one attached hydrogen (secondary N) is 4. The molecule has 436 valence electrons. The molecule has 10 atom stereocenters. The monoisotopic (exact) mass is 1140 g/mol. The number of carbonyl (C=O) groups is 7. The first-order chi connectivity index (χ1) is 39.8. The number of hydrogen-bond acceptors (Lipinski definition) is 17. The van der Waals surface area contributed by atoms with E-state index in [0.717, 1.165) is 29.5 Å². The van der Waals surface area contributed by atoms with E-state index < -0.39 is 107 Å². The van der Waals surface area contributed by atoms with Crippen LogP contribution in [0.25, 0.3) is 11.4 Å². The van der Waals surface area contributed by atoms with Gasteiger partial charge in [0.2, 0.25) is 23.5 Å². The number of aliphatic carboxylic acids is 1. The summed E-state index contributed by atoms with van der Waals surface area (Å²) in [4.78, 5) is 89.9. The maximum Gasteiger partial charge on any atom is 0.407 e. The minimum absolute atomic E-state index is 0.0102. The van der Waals surface area contributed by atoms with E-state index in [4.69, 9.17) is 18.9 Å². The number of carboxylic acid groups (broad SMARTS) is 1. The van der Waals surface area contributed by atoms with E-state index in [1.165, 1.54) is 6.33 Å². The number of ketones is 2. The van der Waals surface area contributed by atoms with Crippen molar-refractivity contribution in [1.82, 2.24) is 36.3 Å². The number of alkyl carbamates (subject to hydrolysis) is 1. The molecule has 2 bridgehead atoms. The normalized spacial score (nSPS) is 31.2. The van der Waals surface area contributed by atoms with Gasteiger partial charge in [0.15, 0.2) is 29.8 Å². The number of aromatic nitrogens is 4. The van der Waals surface area contributed by atoms with Crippen LogP contribution in [0.1, 0.15) is 107 Å². The third kappa shape index (κ3) is 11.2.